The maximum atomic E-state index is 13.5. The van der Waals surface area contributed by atoms with Gasteiger partial charge in [-0.1, -0.05) is 346 Å². The number of aliphatic hydroxyl groups excluding tert-OH is 11. The highest BCUT2D eigenvalue weighted by atomic mass is 16.8. The summed E-state index contributed by atoms with van der Waals surface area (Å²) in [5, 5.41) is 121. The zero-order valence-corrected chi connectivity index (χ0v) is 71.2. The number of unbranched alkanes of at least 4 members (excludes halogenated alkanes) is 34. The van der Waals surface area contributed by atoms with E-state index < -0.39 is 124 Å². The minimum atomic E-state index is -1.99. The molecule has 17 atom stereocenters. The second-order valence-corrected chi connectivity index (χ2v) is 31.7. The van der Waals surface area contributed by atoms with Crippen molar-refractivity contribution < 1.29 is 89.4 Å². The number of nitrogens with one attached hydrogen (secondary N) is 1. The number of hydrogen-bond donors (Lipinski definition) is 12. The molecular formula is C96H163NO18. The number of amides is 1. The SMILES string of the molecule is CC/C=C\C/C=C\C/C=C\C/C=C\C/C=C\C/C=C\C/C=C\C/C=C\C/C=C\CCCCCCCCCCCC(=O)NC(COC1OC(CO)C(OC2OC(CO)C(OC3OC(CO)C(O)C(O)C3O)C(O)C2O)C(O)C1O)C(O)/C=C/CC/C=C/CC/C=C/CCCCCCCCCCCCCCCCCCCCCCCCC. The van der Waals surface area contributed by atoms with Crippen molar-refractivity contribution in [3.05, 3.63) is 146 Å². The van der Waals surface area contributed by atoms with Gasteiger partial charge in [-0.05, 0) is 116 Å². The first-order valence-corrected chi connectivity index (χ1v) is 45.6. The molecule has 17 unspecified atom stereocenters. The highest BCUT2D eigenvalue weighted by Crippen LogP contribution is 2.33. The lowest BCUT2D eigenvalue weighted by atomic mass is 9.96. The smallest absolute Gasteiger partial charge is 0.220 e. The molecule has 0 saturated carbocycles. The van der Waals surface area contributed by atoms with Gasteiger partial charge in [-0.15, -0.1) is 0 Å². The van der Waals surface area contributed by atoms with Crippen LogP contribution in [0.25, 0.3) is 0 Å². The van der Waals surface area contributed by atoms with Crippen molar-refractivity contribution in [3.8, 4) is 0 Å². The molecule has 660 valence electrons. The Morgan fingerprint density at radius 1 is 0.322 bits per heavy atom. The van der Waals surface area contributed by atoms with Crippen LogP contribution in [0, 0.1) is 0 Å². The molecule has 0 radical (unpaired) electrons. The van der Waals surface area contributed by atoms with E-state index in [-0.39, 0.29) is 18.9 Å². The Morgan fingerprint density at radius 3 is 0.974 bits per heavy atom. The van der Waals surface area contributed by atoms with E-state index in [1.165, 1.54) is 173 Å². The van der Waals surface area contributed by atoms with E-state index in [1.807, 2.05) is 6.08 Å². The summed E-state index contributed by atoms with van der Waals surface area (Å²) in [5.74, 6) is -0.299. The lowest BCUT2D eigenvalue weighted by Crippen LogP contribution is -2.66. The van der Waals surface area contributed by atoms with Gasteiger partial charge in [0.2, 0.25) is 5.91 Å². The first kappa shape index (κ1) is 105. The maximum Gasteiger partial charge on any atom is 0.220 e. The second-order valence-electron chi connectivity index (χ2n) is 31.7. The highest BCUT2D eigenvalue weighted by Gasteiger charge is 2.54. The minimum absolute atomic E-state index is 0.215. The molecule has 115 heavy (non-hydrogen) atoms. The molecule has 3 rings (SSSR count). The van der Waals surface area contributed by atoms with Crippen LogP contribution in [0.5, 0.6) is 0 Å². The molecule has 0 aliphatic carbocycles. The van der Waals surface area contributed by atoms with Crippen molar-refractivity contribution in [1.82, 2.24) is 5.32 Å². The molecule has 0 spiro atoms. The molecule has 0 aromatic heterocycles. The Labute approximate surface area is 695 Å². The van der Waals surface area contributed by atoms with E-state index in [4.69, 9.17) is 28.4 Å². The van der Waals surface area contributed by atoms with Crippen molar-refractivity contribution in [2.75, 3.05) is 26.4 Å². The summed E-state index contributed by atoms with van der Waals surface area (Å²) in [4.78, 5) is 13.5. The average molecular weight is 1620 g/mol. The Hall–Kier alpha value is -4.33. The Morgan fingerprint density at radius 2 is 0.609 bits per heavy atom. The third-order valence-electron chi connectivity index (χ3n) is 21.6. The van der Waals surface area contributed by atoms with Gasteiger partial charge < -0.3 is 89.9 Å². The molecule has 1 amide bonds. The van der Waals surface area contributed by atoms with Gasteiger partial charge in [0, 0.05) is 6.42 Å². The number of carbonyl (C=O) groups excluding carboxylic acids is 1. The van der Waals surface area contributed by atoms with Gasteiger partial charge >= 0.3 is 0 Å². The molecule has 3 saturated heterocycles. The van der Waals surface area contributed by atoms with Crippen LogP contribution in [0.15, 0.2) is 146 Å². The van der Waals surface area contributed by atoms with Gasteiger partial charge in [0.05, 0.1) is 38.6 Å². The summed E-state index contributed by atoms with van der Waals surface area (Å²) in [5.41, 5.74) is 0. The highest BCUT2D eigenvalue weighted by molar-refractivity contribution is 5.76. The van der Waals surface area contributed by atoms with E-state index in [0.29, 0.717) is 12.8 Å². The van der Waals surface area contributed by atoms with E-state index >= 15 is 0 Å². The Balaban J connectivity index is 1.36. The fraction of sp³-hybridized carbons (Fsp3) is 0.740. The minimum Gasteiger partial charge on any atom is -0.394 e. The lowest BCUT2D eigenvalue weighted by Gasteiger charge is -2.48. The largest absolute Gasteiger partial charge is 0.394 e. The number of ether oxygens (including phenoxy) is 6. The van der Waals surface area contributed by atoms with Gasteiger partial charge in [-0.3, -0.25) is 4.79 Å². The first-order chi connectivity index (χ1) is 56.3. The van der Waals surface area contributed by atoms with E-state index in [9.17, 15) is 61.0 Å². The van der Waals surface area contributed by atoms with E-state index in [2.05, 4.69) is 153 Å². The van der Waals surface area contributed by atoms with Crippen LogP contribution in [0.4, 0.5) is 0 Å². The van der Waals surface area contributed by atoms with Gasteiger partial charge in [0.15, 0.2) is 18.9 Å². The number of rotatable bonds is 72. The molecular weight excluding hydrogens is 1460 g/mol. The van der Waals surface area contributed by atoms with Crippen molar-refractivity contribution in [2.24, 2.45) is 0 Å². The number of aliphatic hydroxyl groups is 11. The quantitative estimate of drug-likeness (QED) is 0.0199. The molecule has 12 N–H and O–H groups in total. The normalized spacial score (nSPS) is 25.3. The standard InChI is InChI=1S/C96H163NO18/c1-3-5-7-9-11-13-15-17-19-21-23-25-27-29-31-33-35-37-38-39-40-42-44-46-48-50-52-54-56-58-60-62-64-66-68-70-72-74-84(102)97-79(80(101)73-71-69-67-65-63-61-59-57-55-53-51-49-47-45-43-41-36-34-32-30-28-26-24-22-20-18-16-14-12-10-8-6-4-2)78-110-94-90(108)87(105)92(82(76-99)112-94)115-96-91(109)88(106)93(83(77-100)113-96)114-95-89(107)86(104)85(103)81(75-98)111-95/h5,7,11,13,17,19,23,25,29,31,35,37,39-40,44,46,50,52,55,57,63,65,71,73,79-83,85-96,98-101,103-109H,3-4,6,8-10,12,14-16,18,20-22,24,26-28,30,32-34,36,38,41-43,45,47-49,51,53-54,56,58-62,64,66-70,72,74-78H2,1-2H3,(H,97,102)/b7-5-,13-11-,19-17-,25-23-,31-29-,37-35-,40-39-,46-44-,52-50-,57-55+,65-63+,73-71+. The maximum absolute atomic E-state index is 13.5. The molecule has 19 nitrogen and oxygen atoms in total. The molecule has 0 aromatic carbocycles. The number of hydrogen-bond acceptors (Lipinski definition) is 18. The lowest BCUT2D eigenvalue weighted by molar-refractivity contribution is -0.379. The third-order valence-corrected chi connectivity index (χ3v) is 21.6. The summed E-state index contributed by atoms with van der Waals surface area (Å²) in [6.07, 6.45) is 81.4. The summed E-state index contributed by atoms with van der Waals surface area (Å²) in [7, 11) is 0. The monoisotopic (exact) mass is 1620 g/mol. The van der Waals surface area contributed by atoms with Crippen LogP contribution in [-0.4, -0.2) is 193 Å². The van der Waals surface area contributed by atoms with Crippen LogP contribution in [0.3, 0.4) is 0 Å². The van der Waals surface area contributed by atoms with Crippen LogP contribution < -0.4 is 5.32 Å². The first-order valence-electron chi connectivity index (χ1n) is 45.6. The van der Waals surface area contributed by atoms with Gasteiger partial charge in [0.25, 0.3) is 0 Å². The summed E-state index contributed by atoms with van der Waals surface area (Å²) < 4.78 is 34.5. The topological polar surface area (TPSA) is 307 Å². The van der Waals surface area contributed by atoms with Gasteiger partial charge in [-0.2, -0.15) is 0 Å². The van der Waals surface area contributed by atoms with Crippen LogP contribution in [-0.2, 0) is 33.2 Å². The van der Waals surface area contributed by atoms with Crippen molar-refractivity contribution in [2.45, 2.75) is 426 Å². The molecule has 3 aliphatic heterocycles. The molecule has 19 heteroatoms. The number of allylic oxidation sites excluding steroid dienone is 23. The van der Waals surface area contributed by atoms with Crippen LogP contribution >= 0.6 is 0 Å². The third kappa shape index (κ3) is 51.8. The molecule has 0 bridgehead atoms. The number of carbonyl (C=O) groups is 1. The van der Waals surface area contributed by atoms with Crippen molar-refractivity contribution in [3.63, 3.8) is 0 Å². The molecule has 3 fully saturated rings. The van der Waals surface area contributed by atoms with E-state index in [1.54, 1.807) is 6.08 Å². The van der Waals surface area contributed by atoms with Gasteiger partial charge in [0.1, 0.15) is 73.2 Å². The van der Waals surface area contributed by atoms with Crippen molar-refractivity contribution >= 4 is 5.91 Å². The Kier molecular flexibility index (Phi) is 67.1. The second kappa shape index (κ2) is 73.6. The zero-order valence-electron chi connectivity index (χ0n) is 71.2. The zero-order chi connectivity index (χ0) is 83.1. The molecule has 3 heterocycles. The van der Waals surface area contributed by atoms with E-state index in [0.717, 1.165) is 116 Å². The predicted octanol–water partition coefficient (Wildman–Crippen LogP) is 17.7. The molecule has 3 aliphatic rings. The predicted molar refractivity (Wildman–Crippen MR) is 466 cm³/mol. The Bertz CT molecular complexity index is 2650. The fourth-order valence-corrected chi connectivity index (χ4v) is 14.4. The van der Waals surface area contributed by atoms with Gasteiger partial charge in [-0.25, -0.2) is 0 Å². The fourth-order valence-electron chi connectivity index (χ4n) is 14.4. The van der Waals surface area contributed by atoms with Crippen molar-refractivity contribution in [1.29, 1.82) is 0 Å². The molecule has 0 aromatic rings. The summed E-state index contributed by atoms with van der Waals surface area (Å²) >= 11 is 0. The van der Waals surface area contributed by atoms with Crippen LogP contribution in [0.1, 0.15) is 322 Å². The van der Waals surface area contributed by atoms with Crippen LogP contribution in [0.2, 0.25) is 0 Å². The summed E-state index contributed by atoms with van der Waals surface area (Å²) in [6, 6.07) is -1.01. The average Bonchev–Trinajstić information content (AvgIpc) is 0.779. The summed E-state index contributed by atoms with van der Waals surface area (Å²) in [6.45, 7) is 1.61.